The van der Waals surface area contributed by atoms with Crippen molar-refractivity contribution >= 4 is 11.9 Å². The van der Waals surface area contributed by atoms with Crippen molar-refractivity contribution in [1.29, 1.82) is 0 Å². The van der Waals surface area contributed by atoms with Crippen molar-refractivity contribution in [2.75, 3.05) is 27.3 Å². The zero-order chi connectivity index (χ0) is 17.4. The third-order valence-corrected chi connectivity index (χ3v) is 3.70. The average molecular weight is 321 g/mol. The highest BCUT2D eigenvalue weighted by Gasteiger charge is 2.24. The van der Waals surface area contributed by atoms with E-state index in [-0.39, 0.29) is 17.8 Å². The fourth-order valence-electron chi connectivity index (χ4n) is 2.29. The van der Waals surface area contributed by atoms with E-state index in [2.05, 4.69) is 13.8 Å². The summed E-state index contributed by atoms with van der Waals surface area (Å²) >= 11 is 0. The van der Waals surface area contributed by atoms with E-state index < -0.39 is 0 Å². The molecule has 1 atom stereocenters. The number of nitrogens with zero attached hydrogens (tertiary/aromatic N) is 1. The monoisotopic (exact) mass is 321 g/mol. The summed E-state index contributed by atoms with van der Waals surface area (Å²) in [6.45, 7) is 6.90. The summed E-state index contributed by atoms with van der Waals surface area (Å²) in [5, 5.41) is 0. The van der Waals surface area contributed by atoms with Gasteiger partial charge in [0.1, 0.15) is 5.75 Å². The van der Waals surface area contributed by atoms with Gasteiger partial charge in [0.15, 0.2) is 0 Å². The van der Waals surface area contributed by atoms with Gasteiger partial charge in [0.2, 0.25) is 0 Å². The lowest BCUT2D eigenvalue weighted by Crippen LogP contribution is -2.38. The maximum absolute atomic E-state index is 12.9. The summed E-state index contributed by atoms with van der Waals surface area (Å²) in [6, 6.07) is 7.13. The molecule has 0 radical (unpaired) electrons. The first-order valence-electron chi connectivity index (χ1n) is 7.90. The number of para-hydroxylation sites is 1. The maximum atomic E-state index is 12.9. The summed E-state index contributed by atoms with van der Waals surface area (Å²) in [6.07, 6.45) is 0.870. The predicted molar refractivity (Wildman–Crippen MR) is 89.5 cm³/mol. The molecular formula is C18H27NO4. The quantitative estimate of drug-likeness (QED) is 0.691. The van der Waals surface area contributed by atoms with Crippen LogP contribution in [0, 0.1) is 11.8 Å². The average Bonchev–Trinajstić information content (AvgIpc) is 2.56. The second-order valence-corrected chi connectivity index (χ2v) is 6.06. The van der Waals surface area contributed by atoms with Crippen LogP contribution in [0.1, 0.15) is 37.6 Å². The molecule has 0 bridgehead atoms. The first kappa shape index (κ1) is 19.0. The van der Waals surface area contributed by atoms with Crippen LogP contribution in [0.4, 0.5) is 0 Å². The van der Waals surface area contributed by atoms with Crippen molar-refractivity contribution in [1.82, 2.24) is 4.90 Å². The molecule has 0 N–H and O–H groups in total. The molecule has 0 heterocycles. The standard InChI is InChI=1S/C18H27NO4/c1-13(2)10-11-19(12-14(3)18(21)23-5)17(20)15-8-6-7-9-16(15)22-4/h6-9,13-14H,10-12H2,1-5H3. The third-order valence-electron chi connectivity index (χ3n) is 3.70. The van der Waals surface area contributed by atoms with Gasteiger partial charge in [-0.1, -0.05) is 32.9 Å². The van der Waals surface area contributed by atoms with Crippen molar-refractivity contribution in [2.24, 2.45) is 11.8 Å². The smallest absolute Gasteiger partial charge is 0.310 e. The molecular weight excluding hydrogens is 294 g/mol. The highest BCUT2D eigenvalue weighted by atomic mass is 16.5. The summed E-state index contributed by atoms with van der Waals surface area (Å²) < 4.78 is 10.0. The largest absolute Gasteiger partial charge is 0.496 e. The molecule has 0 aliphatic carbocycles. The lowest BCUT2D eigenvalue weighted by atomic mass is 10.1. The van der Waals surface area contributed by atoms with E-state index in [1.807, 2.05) is 6.07 Å². The van der Waals surface area contributed by atoms with E-state index in [1.165, 1.54) is 7.11 Å². The van der Waals surface area contributed by atoms with Crippen LogP contribution >= 0.6 is 0 Å². The molecule has 5 nitrogen and oxygen atoms in total. The number of amides is 1. The van der Waals surface area contributed by atoms with Crippen LogP contribution in [0.2, 0.25) is 0 Å². The van der Waals surface area contributed by atoms with Gasteiger partial charge in [-0.15, -0.1) is 0 Å². The molecule has 0 spiro atoms. The van der Waals surface area contributed by atoms with Crippen LogP contribution in [0.3, 0.4) is 0 Å². The molecule has 1 rings (SSSR count). The SMILES string of the molecule is COC(=O)C(C)CN(CCC(C)C)C(=O)c1ccccc1OC. The molecule has 5 heteroatoms. The van der Waals surface area contributed by atoms with Gasteiger partial charge in [0.05, 0.1) is 25.7 Å². The second-order valence-electron chi connectivity index (χ2n) is 6.06. The molecule has 1 aromatic carbocycles. The minimum atomic E-state index is -0.370. The Kier molecular flexibility index (Phi) is 7.59. The molecule has 0 saturated carbocycles. The predicted octanol–water partition coefficient (Wildman–Crippen LogP) is 2.99. The first-order valence-corrected chi connectivity index (χ1v) is 7.90. The van der Waals surface area contributed by atoms with Crippen molar-refractivity contribution in [3.8, 4) is 5.75 Å². The van der Waals surface area contributed by atoms with Gasteiger partial charge < -0.3 is 14.4 Å². The lowest BCUT2D eigenvalue weighted by molar-refractivity contribution is -0.145. The van der Waals surface area contributed by atoms with E-state index in [0.29, 0.717) is 30.3 Å². The number of hydrogen-bond acceptors (Lipinski definition) is 4. The van der Waals surface area contributed by atoms with Gasteiger partial charge in [-0.3, -0.25) is 9.59 Å². The molecule has 23 heavy (non-hydrogen) atoms. The van der Waals surface area contributed by atoms with Gasteiger partial charge >= 0.3 is 5.97 Å². The number of carbonyl (C=O) groups excluding carboxylic acids is 2. The van der Waals surface area contributed by atoms with Crippen LogP contribution in [0.15, 0.2) is 24.3 Å². The van der Waals surface area contributed by atoms with Crippen LogP contribution in [0.25, 0.3) is 0 Å². The van der Waals surface area contributed by atoms with Crippen LogP contribution in [0.5, 0.6) is 5.75 Å². The third kappa shape index (κ3) is 5.58. The molecule has 0 aliphatic heterocycles. The minimum absolute atomic E-state index is 0.126. The topological polar surface area (TPSA) is 55.8 Å². The molecule has 1 aromatic rings. The number of esters is 1. The Morgan fingerprint density at radius 1 is 1.13 bits per heavy atom. The normalized spacial score (nSPS) is 11.9. The van der Waals surface area contributed by atoms with Crippen LogP contribution < -0.4 is 4.74 Å². The molecule has 0 aliphatic rings. The molecule has 1 amide bonds. The molecule has 0 fully saturated rings. The number of benzene rings is 1. The van der Waals surface area contributed by atoms with Gasteiger partial charge in [-0.05, 0) is 24.5 Å². The molecule has 1 unspecified atom stereocenters. The van der Waals surface area contributed by atoms with Crippen molar-refractivity contribution in [3.05, 3.63) is 29.8 Å². The van der Waals surface area contributed by atoms with Gasteiger partial charge in [0.25, 0.3) is 5.91 Å². The summed E-state index contributed by atoms with van der Waals surface area (Å²) in [5.41, 5.74) is 0.510. The summed E-state index contributed by atoms with van der Waals surface area (Å²) in [7, 11) is 2.90. The fraction of sp³-hybridized carbons (Fsp3) is 0.556. The van der Waals surface area contributed by atoms with Gasteiger partial charge in [0, 0.05) is 13.1 Å². The maximum Gasteiger partial charge on any atom is 0.310 e. The van der Waals surface area contributed by atoms with Gasteiger partial charge in [-0.2, -0.15) is 0 Å². The molecule has 0 saturated heterocycles. The van der Waals surface area contributed by atoms with E-state index >= 15 is 0 Å². The first-order chi connectivity index (χ1) is 10.9. The zero-order valence-electron chi connectivity index (χ0n) is 14.7. The Hall–Kier alpha value is -2.04. The van der Waals surface area contributed by atoms with Crippen molar-refractivity contribution in [3.63, 3.8) is 0 Å². The minimum Gasteiger partial charge on any atom is -0.496 e. The number of ether oxygens (including phenoxy) is 2. The van der Waals surface area contributed by atoms with Crippen LogP contribution in [-0.2, 0) is 9.53 Å². The lowest BCUT2D eigenvalue weighted by Gasteiger charge is -2.26. The summed E-state index contributed by atoms with van der Waals surface area (Å²) in [5.74, 6) is 0.200. The van der Waals surface area contributed by atoms with E-state index in [4.69, 9.17) is 9.47 Å². The Balaban J connectivity index is 2.97. The molecule has 0 aromatic heterocycles. The van der Waals surface area contributed by atoms with Gasteiger partial charge in [-0.25, -0.2) is 0 Å². The number of carbonyl (C=O) groups is 2. The fourth-order valence-corrected chi connectivity index (χ4v) is 2.29. The highest BCUT2D eigenvalue weighted by molar-refractivity contribution is 5.97. The Morgan fingerprint density at radius 2 is 1.78 bits per heavy atom. The Morgan fingerprint density at radius 3 is 2.35 bits per heavy atom. The van der Waals surface area contributed by atoms with E-state index in [1.54, 1.807) is 37.1 Å². The highest BCUT2D eigenvalue weighted by Crippen LogP contribution is 2.20. The summed E-state index contributed by atoms with van der Waals surface area (Å²) in [4.78, 5) is 26.3. The Bertz CT molecular complexity index is 528. The van der Waals surface area contributed by atoms with E-state index in [9.17, 15) is 9.59 Å². The van der Waals surface area contributed by atoms with Crippen molar-refractivity contribution < 1.29 is 19.1 Å². The van der Waals surface area contributed by atoms with Crippen LogP contribution in [-0.4, -0.2) is 44.1 Å². The zero-order valence-corrected chi connectivity index (χ0v) is 14.7. The number of hydrogen-bond donors (Lipinski definition) is 0. The number of rotatable bonds is 8. The van der Waals surface area contributed by atoms with Crippen molar-refractivity contribution in [2.45, 2.75) is 27.2 Å². The molecule has 128 valence electrons. The van der Waals surface area contributed by atoms with E-state index in [0.717, 1.165) is 6.42 Å². The number of methoxy groups -OCH3 is 2. The second kappa shape index (κ2) is 9.18. The Labute approximate surface area is 138 Å².